The second kappa shape index (κ2) is 4.85. The van der Waals surface area contributed by atoms with Crippen molar-refractivity contribution in [1.29, 1.82) is 0 Å². The molecule has 1 aliphatic rings. The van der Waals surface area contributed by atoms with Crippen LogP contribution < -0.4 is 5.32 Å². The second-order valence-corrected chi connectivity index (χ2v) is 5.15. The molecular formula is C12H21NO3. The summed E-state index contributed by atoms with van der Waals surface area (Å²) in [5.41, 5.74) is -1.02. The number of hydrogen-bond donors (Lipinski definition) is 2. The van der Waals surface area contributed by atoms with Crippen LogP contribution in [-0.4, -0.2) is 22.5 Å². The van der Waals surface area contributed by atoms with Gasteiger partial charge in [-0.2, -0.15) is 0 Å². The maximum atomic E-state index is 11.3. The van der Waals surface area contributed by atoms with Crippen LogP contribution in [0.4, 0.5) is 0 Å². The van der Waals surface area contributed by atoms with Crippen LogP contribution in [0.15, 0.2) is 0 Å². The molecule has 0 bridgehead atoms. The number of nitrogens with one attached hydrogen (secondary N) is 1. The number of aliphatic carboxylic acids is 1. The van der Waals surface area contributed by atoms with Crippen LogP contribution in [0.5, 0.6) is 0 Å². The van der Waals surface area contributed by atoms with E-state index in [1.54, 1.807) is 0 Å². The Balaban J connectivity index is 2.70. The van der Waals surface area contributed by atoms with E-state index in [-0.39, 0.29) is 5.91 Å². The van der Waals surface area contributed by atoms with Gasteiger partial charge in [0, 0.05) is 6.92 Å². The maximum absolute atomic E-state index is 11.3. The van der Waals surface area contributed by atoms with Gasteiger partial charge in [0.2, 0.25) is 5.91 Å². The minimum atomic E-state index is -1.02. The third-order valence-corrected chi connectivity index (χ3v) is 3.65. The van der Waals surface area contributed by atoms with Crippen LogP contribution in [0.1, 0.15) is 46.5 Å². The molecule has 0 unspecified atom stereocenters. The fraction of sp³-hybridized carbons (Fsp3) is 0.833. The molecule has 0 radical (unpaired) electrons. The molecule has 0 aromatic rings. The number of rotatable bonds is 3. The van der Waals surface area contributed by atoms with E-state index in [4.69, 9.17) is 0 Å². The summed E-state index contributed by atoms with van der Waals surface area (Å²) in [6.45, 7) is 5.70. The Kier molecular flexibility index (Phi) is 3.94. The van der Waals surface area contributed by atoms with Crippen LogP contribution in [-0.2, 0) is 9.59 Å². The van der Waals surface area contributed by atoms with E-state index in [0.717, 1.165) is 12.8 Å². The molecule has 0 aromatic carbocycles. The van der Waals surface area contributed by atoms with Gasteiger partial charge in [0.1, 0.15) is 5.54 Å². The summed E-state index contributed by atoms with van der Waals surface area (Å²) in [4.78, 5) is 22.3. The fourth-order valence-electron chi connectivity index (χ4n) is 2.53. The summed E-state index contributed by atoms with van der Waals surface area (Å²) < 4.78 is 0. The van der Waals surface area contributed by atoms with Gasteiger partial charge in [-0.1, -0.05) is 13.8 Å². The zero-order valence-electron chi connectivity index (χ0n) is 10.2. The van der Waals surface area contributed by atoms with E-state index in [1.165, 1.54) is 6.92 Å². The van der Waals surface area contributed by atoms with Crippen LogP contribution >= 0.6 is 0 Å². The summed E-state index contributed by atoms with van der Waals surface area (Å²) in [5, 5.41) is 11.9. The van der Waals surface area contributed by atoms with Gasteiger partial charge in [-0.05, 0) is 37.5 Å². The van der Waals surface area contributed by atoms with Crippen LogP contribution in [0.2, 0.25) is 0 Å². The first-order valence-corrected chi connectivity index (χ1v) is 5.89. The van der Waals surface area contributed by atoms with Gasteiger partial charge >= 0.3 is 5.97 Å². The van der Waals surface area contributed by atoms with E-state index in [9.17, 15) is 14.7 Å². The van der Waals surface area contributed by atoms with E-state index in [0.29, 0.717) is 24.7 Å². The van der Waals surface area contributed by atoms with Crippen molar-refractivity contribution in [2.24, 2.45) is 11.8 Å². The lowest BCUT2D eigenvalue weighted by Crippen LogP contribution is -2.56. The Morgan fingerprint density at radius 2 is 1.81 bits per heavy atom. The molecule has 0 atom stereocenters. The summed E-state index contributed by atoms with van der Waals surface area (Å²) in [7, 11) is 0. The molecule has 0 aliphatic heterocycles. The Hall–Kier alpha value is -1.06. The summed E-state index contributed by atoms with van der Waals surface area (Å²) >= 11 is 0. The van der Waals surface area contributed by atoms with Crippen LogP contribution in [0.25, 0.3) is 0 Å². The lowest BCUT2D eigenvalue weighted by atomic mass is 9.73. The minimum absolute atomic E-state index is 0.259. The normalized spacial score (nSPS) is 30.1. The zero-order valence-corrected chi connectivity index (χ0v) is 10.2. The Morgan fingerprint density at radius 3 is 2.12 bits per heavy atom. The SMILES string of the molecule is CC(=O)NC1(C(=O)O)CCC(C(C)C)CC1. The molecule has 2 N–H and O–H groups in total. The highest BCUT2D eigenvalue weighted by Crippen LogP contribution is 2.36. The van der Waals surface area contributed by atoms with Crippen molar-refractivity contribution in [2.75, 3.05) is 0 Å². The quantitative estimate of drug-likeness (QED) is 0.772. The van der Waals surface area contributed by atoms with E-state index in [2.05, 4.69) is 19.2 Å². The van der Waals surface area contributed by atoms with E-state index < -0.39 is 11.5 Å². The topological polar surface area (TPSA) is 66.4 Å². The Bertz CT molecular complexity index is 278. The highest BCUT2D eigenvalue weighted by molar-refractivity contribution is 5.86. The number of hydrogen-bond acceptors (Lipinski definition) is 2. The molecule has 16 heavy (non-hydrogen) atoms. The van der Waals surface area contributed by atoms with E-state index in [1.807, 2.05) is 0 Å². The van der Waals surface area contributed by atoms with Gasteiger partial charge in [0.05, 0.1) is 0 Å². The largest absolute Gasteiger partial charge is 0.480 e. The van der Waals surface area contributed by atoms with Gasteiger partial charge in [-0.15, -0.1) is 0 Å². The average molecular weight is 227 g/mol. The monoisotopic (exact) mass is 227 g/mol. The predicted octanol–water partition coefficient (Wildman–Crippen LogP) is 1.79. The lowest BCUT2D eigenvalue weighted by molar-refractivity contribution is -0.149. The van der Waals surface area contributed by atoms with Crippen molar-refractivity contribution in [3.05, 3.63) is 0 Å². The van der Waals surface area contributed by atoms with Crippen LogP contribution in [0, 0.1) is 11.8 Å². The number of amides is 1. The Morgan fingerprint density at radius 1 is 1.31 bits per heavy atom. The molecule has 1 saturated carbocycles. The van der Waals surface area contributed by atoms with E-state index >= 15 is 0 Å². The van der Waals surface area contributed by atoms with Gasteiger partial charge < -0.3 is 10.4 Å². The van der Waals surface area contributed by atoms with Crippen LogP contribution in [0.3, 0.4) is 0 Å². The number of carbonyl (C=O) groups excluding carboxylic acids is 1. The third-order valence-electron chi connectivity index (χ3n) is 3.65. The minimum Gasteiger partial charge on any atom is -0.480 e. The molecule has 0 heterocycles. The average Bonchev–Trinajstić information content (AvgIpc) is 2.17. The molecule has 1 rings (SSSR count). The Labute approximate surface area is 96.4 Å². The number of carboxylic acids is 1. The zero-order chi connectivity index (χ0) is 12.3. The first-order chi connectivity index (χ1) is 7.37. The van der Waals surface area contributed by atoms with Crippen molar-refractivity contribution in [3.63, 3.8) is 0 Å². The molecule has 1 amide bonds. The molecule has 0 aromatic heterocycles. The molecule has 4 heteroatoms. The molecule has 0 saturated heterocycles. The first kappa shape index (κ1) is 13.0. The molecule has 4 nitrogen and oxygen atoms in total. The van der Waals surface area contributed by atoms with Crippen molar-refractivity contribution in [2.45, 2.75) is 52.0 Å². The smallest absolute Gasteiger partial charge is 0.329 e. The molecule has 92 valence electrons. The number of carbonyl (C=O) groups is 2. The van der Waals surface area contributed by atoms with Crippen molar-refractivity contribution in [1.82, 2.24) is 5.32 Å². The highest BCUT2D eigenvalue weighted by Gasteiger charge is 2.42. The third kappa shape index (κ3) is 2.74. The molecular weight excluding hydrogens is 206 g/mol. The molecule has 0 spiro atoms. The molecule has 1 aliphatic carbocycles. The molecule has 1 fully saturated rings. The highest BCUT2D eigenvalue weighted by atomic mass is 16.4. The number of carboxylic acid groups (broad SMARTS) is 1. The van der Waals surface area contributed by atoms with Gasteiger partial charge in [-0.3, -0.25) is 4.79 Å². The van der Waals surface area contributed by atoms with Crippen molar-refractivity contribution < 1.29 is 14.7 Å². The van der Waals surface area contributed by atoms with Crippen molar-refractivity contribution >= 4 is 11.9 Å². The van der Waals surface area contributed by atoms with Crippen molar-refractivity contribution in [3.8, 4) is 0 Å². The van der Waals surface area contributed by atoms with Gasteiger partial charge in [0.25, 0.3) is 0 Å². The van der Waals surface area contributed by atoms with Gasteiger partial charge in [-0.25, -0.2) is 4.79 Å². The maximum Gasteiger partial charge on any atom is 0.329 e. The summed E-state index contributed by atoms with van der Waals surface area (Å²) in [5.74, 6) is 0.0145. The van der Waals surface area contributed by atoms with Gasteiger partial charge in [0.15, 0.2) is 0 Å². The summed E-state index contributed by atoms with van der Waals surface area (Å²) in [6, 6.07) is 0. The lowest BCUT2D eigenvalue weighted by Gasteiger charge is -2.38. The second-order valence-electron chi connectivity index (χ2n) is 5.15. The standard InChI is InChI=1S/C12H21NO3/c1-8(2)10-4-6-12(7-5-10,11(15)16)13-9(3)14/h8,10H,4-7H2,1-3H3,(H,13,14)(H,15,16). The summed E-state index contributed by atoms with van der Waals surface area (Å²) in [6.07, 6.45) is 2.85. The first-order valence-electron chi connectivity index (χ1n) is 5.89. The fourth-order valence-corrected chi connectivity index (χ4v) is 2.53. The predicted molar refractivity (Wildman–Crippen MR) is 61.0 cm³/mol.